The number of carbonyl (C=O) groups excluding carboxylic acids is 1. The molecule has 128 valence electrons. The number of amides is 1. The normalized spacial score (nSPS) is 10.5. The van der Waals surface area contributed by atoms with Crippen molar-refractivity contribution in [2.75, 3.05) is 6.61 Å². The number of ether oxygens (including phenoxy) is 1. The number of aryl methyl sites for hydroxylation is 2. The van der Waals surface area contributed by atoms with Crippen LogP contribution in [0.3, 0.4) is 0 Å². The number of nitrogens with one attached hydrogen (secondary N) is 1. The number of hydrogen-bond donors (Lipinski definition) is 1. The third kappa shape index (κ3) is 4.20. The zero-order valence-corrected chi connectivity index (χ0v) is 14.1. The predicted octanol–water partition coefficient (Wildman–Crippen LogP) is 1.88. The summed E-state index contributed by atoms with van der Waals surface area (Å²) in [4.78, 5) is 20.7. The van der Waals surface area contributed by atoms with Crippen molar-refractivity contribution in [1.82, 2.24) is 25.1 Å². The van der Waals surface area contributed by atoms with Crippen LogP contribution in [0.2, 0.25) is 0 Å². The van der Waals surface area contributed by atoms with E-state index in [1.54, 1.807) is 23.3 Å². The van der Waals surface area contributed by atoms with E-state index in [-0.39, 0.29) is 19.1 Å². The zero-order valence-electron chi connectivity index (χ0n) is 14.1. The maximum absolute atomic E-state index is 12.1. The first kappa shape index (κ1) is 16.6. The van der Waals surface area contributed by atoms with Crippen molar-refractivity contribution in [3.63, 3.8) is 0 Å². The lowest BCUT2D eigenvalue weighted by Gasteiger charge is -2.10. The Morgan fingerprint density at radius 3 is 2.80 bits per heavy atom. The fourth-order valence-electron chi connectivity index (χ4n) is 2.38. The molecule has 2 heterocycles. The molecule has 0 unspecified atom stereocenters. The molecule has 0 atom stereocenters. The van der Waals surface area contributed by atoms with Gasteiger partial charge in [-0.25, -0.2) is 0 Å². The first-order valence-electron chi connectivity index (χ1n) is 7.87. The SMILES string of the molecule is Cc1ccccc1OCC(=O)NCc1nccnc1-c1cnn(C)c1. The van der Waals surface area contributed by atoms with Crippen molar-refractivity contribution < 1.29 is 9.53 Å². The first-order chi connectivity index (χ1) is 12.1. The molecule has 0 saturated carbocycles. The molecular formula is C18H19N5O2. The molecule has 0 bridgehead atoms. The molecule has 0 spiro atoms. The summed E-state index contributed by atoms with van der Waals surface area (Å²) in [5, 5.41) is 6.95. The summed E-state index contributed by atoms with van der Waals surface area (Å²) in [5.74, 6) is 0.485. The highest BCUT2D eigenvalue weighted by atomic mass is 16.5. The topological polar surface area (TPSA) is 81.9 Å². The van der Waals surface area contributed by atoms with Crippen LogP contribution < -0.4 is 10.1 Å². The van der Waals surface area contributed by atoms with E-state index in [2.05, 4.69) is 20.4 Å². The fraction of sp³-hybridized carbons (Fsp3) is 0.222. The van der Waals surface area contributed by atoms with Crippen LogP contribution in [0.5, 0.6) is 5.75 Å². The third-order valence-corrected chi connectivity index (χ3v) is 3.66. The van der Waals surface area contributed by atoms with E-state index in [4.69, 9.17) is 4.74 Å². The van der Waals surface area contributed by atoms with Gasteiger partial charge in [0.25, 0.3) is 5.91 Å². The number of hydrogen-bond acceptors (Lipinski definition) is 5. The number of rotatable bonds is 6. The van der Waals surface area contributed by atoms with Gasteiger partial charge in [-0.05, 0) is 18.6 Å². The Bertz CT molecular complexity index is 875. The molecule has 3 rings (SSSR count). The molecule has 0 radical (unpaired) electrons. The van der Waals surface area contributed by atoms with Crippen LogP contribution in [0.1, 0.15) is 11.3 Å². The second kappa shape index (κ2) is 7.57. The molecule has 1 aromatic carbocycles. The Kier molecular flexibility index (Phi) is 5.03. The zero-order chi connectivity index (χ0) is 17.6. The van der Waals surface area contributed by atoms with Gasteiger partial charge >= 0.3 is 0 Å². The summed E-state index contributed by atoms with van der Waals surface area (Å²) >= 11 is 0. The van der Waals surface area contributed by atoms with Gasteiger partial charge in [0.2, 0.25) is 0 Å². The van der Waals surface area contributed by atoms with E-state index in [0.29, 0.717) is 17.1 Å². The molecular weight excluding hydrogens is 318 g/mol. The number of nitrogens with zero attached hydrogens (tertiary/aromatic N) is 4. The number of carbonyl (C=O) groups is 1. The molecule has 0 aliphatic rings. The number of aromatic nitrogens is 4. The van der Waals surface area contributed by atoms with Crippen molar-refractivity contribution in [2.24, 2.45) is 7.05 Å². The Morgan fingerprint density at radius 1 is 1.24 bits per heavy atom. The quantitative estimate of drug-likeness (QED) is 0.743. The molecule has 7 heteroatoms. The van der Waals surface area contributed by atoms with Crippen molar-refractivity contribution in [3.05, 3.63) is 60.3 Å². The number of para-hydroxylation sites is 1. The maximum atomic E-state index is 12.1. The second-order valence-corrected chi connectivity index (χ2v) is 5.59. The Hall–Kier alpha value is -3.22. The van der Waals surface area contributed by atoms with Crippen LogP contribution in [0.25, 0.3) is 11.3 Å². The molecule has 0 fully saturated rings. The Balaban J connectivity index is 1.60. The summed E-state index contributed by atoms with van der Waals surface area (Å²) in [7, 11) is 1.84. The maximum Gasteiger partial charge on any atom is 0.258 e. The summed E-state index contributed by atoms with van der Waals surface area (Å²) in [5.41, 5.74) is 3.23. The van der Waals surface area contributed by atoms with Crippen molar-refractivity contribution in [2.45, 2.75) is 13.5 Å². The molecule has 3 aromatic rings. The van der Waals surface area contributed by atoms with Crippen molar-refractivity contribution in [3.8, 4) is 17.0 Å². The molecule has 0 aliphatic carbocycles. The smallest absolute Gasteiger partial charge is 0.258 e. The van der Waals surface area contributed by atoms with Crippen LogP contribution >= 0.6 is 0 Å². The van der Waals surface area contributed by atoms with E-state index >= 15 is 0 Å². The van der Waals surface area contributed by atoms with Crippen LogP contribution in [0.15, 0.2) is 49.1 Å². The van der Waals surface area contributed by atoms with Gasteiger partial charge in [-0.15, -0.1) is 0 Å². The van der Waals surface area contributed by atoms with Crippen LogP contribution in [-0.4, -0.2) is 32.3 Å². The van der Waals surface area contributed by atoms with E-state index in [0.717, 1.165) is 11.1 Å². The summed E-state index contributed by atoms with van der Waals surface area (Å²) in [6, 6.07) is 7.58. The van der Waals surface area contributed by atoms with Crippen LogP contribution in [0.4, 0.5) is 0 Å². The average Bonchev–Trinajstić information content (AvgIpc) is 3.06. The fourth-order valence-corrected chi connectivity index (χ4v) is 2.38. The first-order valence-corrected chi connectivity index (χ1v) is 7.87. The van der Waals surface area contributed by atoms with Gasteiger partial charge < -0.3 is 10.1 Å². The predicted molar refractivity (Wildman–Crippen MR) is 92.8 cm³/mol. The van der Waals surface area contributed by atoms with E-state index in [1.807, 2.05) is 44.4 Å². The van der Waals surface area contributed by atoms with Crippen molar-refractivity contribution in [1.29, 1.82) is 0 Å². The standard InChI is InChI=1S/C18H19N5O2/c1-13-5-3-4-6-16(13)25-12-17(24)21-10-15-18(20-8-7-19-15)14-9-22-23(2)11-14/h3-9,11H,10,12H2,1-2H3,(H,21,24). The molecule has 1 N–H and O–H groups in total. The highest BCUT2D eigenvalue weighted by molar-refractivity contribution is 5.77. The van der Waals surface area contributed by atoms with Gasteiger partial charge in [-0.3, -0.25) is 19.4 Å². The van der Waals surface area contributed by atoms with Crippen LogP contribution in [-0.2, 0) is 18.4 Å². The summed E-state index contributed by atoms with van der Waals surface area (Å²) in [6.45, 7) is 2.16. The number of benzene rings is 1. The van der Waals surface area contributed by atoms with Gasteiger partial charge in [-0.2, -0.15) is 5.10 Å². The van der Waals surface area contributed by atoms with Gasteiger partial charge in [0.15, 0.2) is 6.61 Å². The van der Waals surface area contributed by atoms with Gasteiger partial charge in [-0.1, -0.05) is 18.2 Å². The molecule has 25 heavy (non-hydrogen) atoms. The van der Waals surface area contributed by atoms with E-state index < -0.39 is 0 Å². The minimum absolute atomic E-state index is 0.0483. The van der Waals surface area contributed by atoms with E-state index in [9.17, 15) is 4.79 Å². The van der Waals surface area contributed by atoms with Crippen molar-refractivity contribution >= 4 is 5.91 Å². The molecule has 2 aromatic heterocycles. The van der Waals surface area contributed by atoms with E-state index in [1.165, 1.54) is 0 Å². The Morgan fingerprint density at radius 2 is 2.04 bits per heavy atom. The van der Waals surface area contributed by atoms with Gasteiger partial charge in [0.05, 0.1) is 24.1 Å². The minimum atomic E-state index is -0.217. The van der Waals surface area contributed by atoms with Crippen LogP contribution in [0, 0.1) is 6.92 Å². The minimum Gasteiger partial charge on any atom is -0.484 e. The second-order valence-electron chi connectivity index (χ2n) is 5.59. The highest BCUT2D eigenvalue weighted by Crippen LogP contribution is 2.18. The molecule has 7 nitrogen and oxygen atoms in total. The summed E-state index contributed by atoms with van der Waals surface area (Å²) in [6.07, 6.45) is 6.80. The lowest BCUT2D eigenvalue weighted by Crippen LogP contribution is -2.29. The molecule has 0 saturated heterocycles. The largest absolute Gasteiger partial charge is 0.484 e. The van der Waals surface area contributed by atoms with Gasteiger partial charge in [0.1, 0.15) is 5.75 Å². The monoisotopic (exact) mass is 337 g/mol. The average molecular weight is 337 g/mol. The molecule has 0 aliphatic heterocycles. The third-order valence-electron chi connectivity index (χ3n) is 3.66. The lowest BCUT2D eigenvalue weighted by molar-refractivity contribution is -0.123. The lowest BCUT2D eigenvalue weighted by atomic mass is 10.2. The molecule has 1 amide bonds. The van der Waals surface area contributed by atoms with Gasteiger partial charge in [0, 0.05) is 31.2 Å². The highest BCUT2D eigenvalue weighted by Gasteiger charge is 2.11. The summed E-state index contributed by atoms with van der Waals surface area (Å²) < 4.78 is 7.24. The Labute approximate surface area is 145 Å².